The minimum atomic E-state index is -3.21. The average molecular weight is 642 g/mol. The lowest BCUT2D eigenvalue weighted by Crippen LogP contribution is -2.42. The molecule has 0 radical (unpaired) electrons. The molecule has 2 atom stereocenters. The summed E-state index contributed by atoms with van der Waals surface area (Å²) in [5, 5.41) is 24.4. The molecule has 3 N–H and O–H groups in total. The minimum absolute atomic E-state index is 0.0157. The van der Waals surface area contributed by atoms with E-state index < -0.39 is 10.0 Å². The number of piperidine rings is 1. The van der Waals surface area contributed by atoms with Gasteiger partial charge >= 0.3 is 6.09 Å². The van der Waals surface area contributed by atoms with Crippen molar-refractivity contribution in [3.63, 3.8) is 0 Å². The van der Waals surface area contributed by atoms with Gasteiger partial charge in [0.15, 0.2) is 0 Å². The van der Waals surface area contributed by atoms with Crippen molar-refractivity contribution in [2.75, 3.05) is 38.3 Å². The third-order valence-electron chi connectivity index (χ3n) is 8.09. The summed E-state index contributed by atoms with van der Waals surface area (Å²) < 4.78 is 31.4. The summed E-state index contributed by atoms with van der Waals surface area (Å²) in [7, 11) is -1.84. The van der Waals surface area contributed by atoms with Crippen LogP contribution < -0.4 is 16.0 Å². The first-order chi connectivity index (χ1) is 21.1. The fraction of sp³-hybridized carbons (Fsp3) is 0.483. The number of methoxy groups -OCH3 is 1. The Morgan fingerprint density at radius 1 is 1.18 bits per heavy atom. The number of nitriles is 1. The predicted molar refractivity (Wildman–Crippen MR) is 166 cm³/mol. The van der Waals surface area contributed by atoms with Gasteiger partial charge in [0.25, 0.3) is 0 Å². The Morgan fingerprint density at radius 3 is 2.68 bits per heavy atom. The van der Waals surface area contributed by atoms with Gasteiger partial charge in [-0.05, 0) is 62.3 Å². The molecule has 1 amide bonds. The quantitative estimate of drug-likeness (QED) is 0.299. The van der Waals surface area contributed by atoms with Gasteiger partial charge in [-0.3, -0.25) is 0 Å². The Labute approximate surface area is 262 Å². The van der Waals surface area contributed by atoms with Gasteiger partial charge in [-0.1, -0.05) is 17.7 Å². The molecule has 1 unspecified atom stereocenters. The van der Waals surface area contributed by atoms with Crippen LogP contribution in [0.5, 0.6) is 0 Å². The molecule has 0 bridgehead atoms. The highest BCUT2D eigenvalue weighted by atomic mass is 35.5. The van der Waals surface area contributed by atoms with Crippen molar-refractivity contribution in [1.82, 2.24) is 34.7 Å². The molecule has 1 aromatic carbocycles. The fourth-order valence-corrected chi connectivity index (χ4v) is 6.89. The molecule has 3 aromatic rings. The van der Waals surface area contributed by atoms with E-state index >= 15 is 0 Å². The summed E-state index contributed by atoms with van der Waals surface area (Å²) in [4.78, 5) is 20.4. The number of aromatic nitrogens is 4. The number of carbonyl (C=O) groups excluding carboxylic acids is 1. The molecule has 2 aliphatic rings. The number of carbonyl (C=O) groups is 1. The highest BCUT2D eigenvalue weighted by Crippen LogP contribution is 2.28. The molecule has 234 valence electrons. The second-order valence-corrected chi connectivity index (χ2v) is 13.6. The van der Waals surface area contributed by atoms with Gasteiger partial charge in [-0.25, -0.2) is 32.2 Å². The maximum Gasteiger partial charge on any atom is 0.407 e. The average Bonchev–Trinajstić information content (AvgIpc) is 3.67. The molecule has 1 aliphatic heterocycles. The summed E-state index contributed by atoms with van der Waals surface area (Å²) in [6, 6.07) is 8.13. The van der Waals surface area contributed by atoms with E-state index in [0.29, 0.717) is 71.9 Å². The number of alkyl carbamates (subject to hydrolysis) is 1. The number of hydrogen-bond acceptors (Lipinski definition) is 10. The third-order valence-corrected chi connectivity index (χ3v) is 9.70. The normalized spacial score (nSPS) is 19.4. The van der Waals surface area contributed by atoms with Crippen molar-refractivity contribution in [2.24, 2.45) is 5.92 Å². The monoisotopic (exact) mass is 641 g/mol. The molecular formula is C29H36ClN9O4S. The molecule has 2 aromatic heterocycles. The summed E-state index contributed by atoms with van der Waals surface area (Å²) in [6.45, 7) is 2.36. The van der Waals surface area contributed by atoms with Crippen molar-refractivity contribution in [3.05, 3.63) is 52.9 Å². The van der Waals surface area contributed by atoms with Crippen LogP contribution in [0, 0.1) is 17.2 Å². The van der Waals surface area contributed by atoms with Crippen molar-refractivity contribution in [2.45, 2.75) is 50.7 Å². The van der Waals surface area contributed by atoms with Crippen molar-refractivity contribution >= 4 is 33.7 Å². The van der Waals surface area contributed by atoms with Gasteiger partial charge in [-0.2, -0.15) is 10.4 Å². The van der Waals surface area contributed by atoms with Crippen LogP contribution in [0.1, 0.15) is 43.2 Å². The number of nitrogens with one attached hydrogen (secondary N) is 3. The zero-order valence-electron chi connectivity index (χ0n) is 24.7. The first-order valence-corrected chi connectivity index (χ1v) is 16.7. The van der Waals surface area contributed by atoms with Crippen LogP contribution >= 0.6 is 11.6 Å². The van der Waals surface area contributed by atoms with E-state index in [-0.39, 0.29) is 18.2 Å². The SMILES string of the molecule is COC(=O)N[C@@H]1CCC(CNCc2ccc(-n3cc(-c4nc(NC5CCN(S(C)(=O)=O)CC5)ncc4C#N)cn3)c(Cl)c2)C1. The van der Waals surface area contributed by atoms with E-state index in [4.69, 9.17) is 16.3 Å². The number of anilines is 1. The predicted octanol–water partition coefficient (Wildman–Crippen LogP) is 3.30. The first-order valence-electron chi connectivity index (χ1n) is 14.5. The molecule has 1 saturated carbocycles. The molecule has 2 fully saturated rings. The summed E-state index contributed by atoms with van der Waals surface area (Å²) in [5.74, 6) is 0.852. The van der Waals surface area contributed by atoms with E-state index in [2.05, 4.69) is 37.1 Å². The van der Waals surface area contributed by atoms with Crippen LogP contribution in [0.2, 0.25) is 5.02 Å². The molecule has 5 rings (SSSR count). The summed E-state index contributed by atoms with van der Waals surface area (Å²) in [6.07, 6.45) is 9.89. The van der Waals surface area contributed by atoms with Crippen molar-refractivity contribution < 1.29 is 17.9 Å². The van der Waals surface area contributed by atoms with Gasteiger partial charge < -0.3 is 20.7 Å². The third kappa shape index (κ3) is 7.84. The van der Waals surface area contributed by atoms with Gasteiger partial charge in [0.1, 0.15) is 6.07 Å². The van der Waals surface area contributed by atoms with Crippen molar-refractivity contribution in [3.8, 4) is 23.0 Å². The summed E-state index contributed by atoms with van der Waals surface area (Å²) in [5.41, 5.74) is 3.12. The number of benzene rings is 1. The molecule has 0 spiro atoms. The van der Waals surface area contributed by atoms with Crippen LogP contribution in [-0.4, -0.2) is 83.6 Å². The smallest absolute Gasteiger partial charge is 0.407 e. The van der Waals surface area contributed by atoms with Crippen LogP contribution in [0.25, 0.3) is 16.9 Å². The zero-order chi connectivity index (χ0) is 31.3. The maximum absolute atomic E-state index is 11.8. The first kappa shape index (κ1) is 31.6. The number of ether oxygens (including phenoxy) is 1. The minimum Gasteiger partial charge on any atom is -0.453 e. The van der Waals surface area contributed by atoms with Gasteiger partial charge in [-0.15, -0.1) is 0 Å². The molecule has 1 aliphatic carbocycles. The van der Waals surface area contributed by atoms with E-state index in [9.17, 15) is 18.5 Å². The fourth-order valence-electron chi connectivity index (χ4n) is 5.73. The van der Waals surface area contributed by atoms with E-state index in [0.717, 1.165) is 31.4 Å². The van der Waals surface area contributed by atoms with Gasteiger partial charge in [0.2, 0.25) is 16.0 Å². The lowest BCUT2D eigenvalue weighted by Gasteiger charge is -2.30. The largest absolute Gasteiger partial charge is 0.453 e. The topological polar surface area (TPSA) is 167 Å². The van der Waals surface area contributed by atoms with Crippen LogP contribution in [0.4, 0.5) is 10.7 Å². The highest BCUT2D eigenvalue weighted by Gasteiger charge is 2.27. The lowest BCUT2D eigenvalue weighted by atomic mass is 10.1. The number of rotatable bonds is 10. The van der Waals surface area contributed by atoms with Gasteiger partial charge in [0.05, 0.1) is 47.7 Å². The number of amides is 1. The second-order valence-electron chi connectivity index (χ2n) is 11.3. The Bertz CT molecular complexity index is 1630. The molecule has 15 heteroatoms. The van der Waals surface area contributed by atoms with Crippen LogP contribution in [0.3, 0.4) is 0 Å². The van der Waals surface area contributed by atoms with Crippen LogP contribution in [-0.2, 0) is 21.3 Å². The number of halogens is 1. The van der Waals surface area contributed by atoms with E-state index in [1.807, 2.05) is 18.2 Å². The lowest BCUT2D eigenvalue weighted by molar-refractivity contribution is 0.166. The standard InChI is InChI=1S/C29H36ClN9O4S/c1-43-29(40)36-24-5-3-19(11-24)14-32-15-20-4-6-26(25(30)12-20)39-18-22(17-34-39)27-21(13-31)16-33-28(37-27)35-23-7-9-38(10-8-23)44(2,41)42/h4,6,12,16-19,23-24,32H,3,5,7-11,14-15H2,1-2H3,(H,36,40)(H,33,35,37)/t19?,24-/m1/s1. The maximum atomic E-state index is 11.8. The number of hydrogen-bond donors (Lipinski definition) is 3. The Kier molecular flexibility index (Phi) is 10.00. The number of sulfonamides is 1. The second kappa shape index (κ2) is 13.9. The number of nitrogens with zero attached hydrogens (tertiary/aromatic N) is 6. The molecular weight excluding hydrogens is 606 g/mol. The zero-order valence-corrected chi connectivity index (χ0v) is 26.2. The van der Waals surface area contributed by atoms with E-state index in [1.54, 1.807) is 17.1 Å². The Morgan fingerprint density at radius 2 is 1.98 bits per heavy atom. The van der Waals surface area contributed by atoms with Crippen LogP contribution in [0.15, 0.2) is 36.8 Å². The molecule has 44 heavy (non-hydrogen) atoms. The van der Waals surface area contributed by atoms with E-state index in [1.165, 1.54) is 23.9 Å². The van der Waals surface area contributed by atoms with Crippen molar-refractivity contribution in [1.29, 1.82) is 5.26 Å². The Balaban J connectivity index is 1.20. The summed E-state index contributed by atoms with van der Waals surface area (Å²) >= 11 is 6.67. The van der Waals surface area contributed by atoms with Gasteiger partial charge in [0, 0.05) is 43.5 Å². The molecule has 3 heterocycles. The molecule has 1 saturated heterocycles. The Hall–Kier alpha value is -3.77. The highest BCUT2D eigenvalue weighted by molar-refractivity contribution is 7.88. The molecule has 13 nitrogen and oxygen atoms in total.